The van der Waals surface area contributed by atoms with Crippen LogP contribution in [0, 0.1) is 0 Å². The number of benzene rings is 6. The van der Waals surface area contributed by atoms with Gasteiger partial charge in [-0.2, -0.15) is 0 Å². The second-order valence-electron chi connectivity index (χ2n) is 12.6. The van der Waals surface area contributed by atoms with Gasteiger partial charge in [0.15, 0.2) is 17.5 Å². The third kappa shape index (κ3) is 5.74. The summed E-state index contributed by atoms with van der Waals surface area (Å²) in [5.74, 6) is 1.23. The Morgan fingerprint density at radius 2 is 0.830 bits per heavy atom. The van der Waals surface area contributed by atoms with Crippen LogP contribution in [-0.4, -0.2) is 93.4 Å². The molecular formula is C39H15B10N3O. The quantitative estimate of drug-likeness (QED) is 0.204. The summed E-state index contributed by atoms with van der Waals surface area (Å²) < 4.78 is 6.56. The first kappa shape index (κ1) is 34.8. The molecule has 6 aromatic carbocycles. The van der Waals surface area contributed by atoms with Crippen LogP contribution in [0.2, 0.25) is 0 Å². The standard InChI is InChI=1S/C39H15B10N3O/c40-26-24(27(41)31(45)34(48)30(26)44)17-8-4-9-19(14-17)38-50-37(16-6-2-1-3-7-16)51-39(52-38)22-11-5-10-21-20-13-12-18(15-23(20)53-36(21)22)25-28(42)32(46)35(49)33(47)29(25)43/h1-15H. The average Bonchev–Trinajstić information content (AvgIpc) is 3.56. The van der Waals surface area contributed by atoms with E-state index in [2.05, 4.69) is 0 Å². The third-order valence-corrected chi connectivity index (χ3v) is 9.50. The maximum atomic E-state index is 6.56. The minimum absolute atomic E-state index is 0.137. The summed E-state index contributed by atoms with van der Waals surface area (Å²) in [4.78, 5) is 14.8. The van der Waals surface area contributed by atoms with Gasteiger partial charge >= 0.3 is 0 Å². The van der Waals surface area contributed by atoms with Crippen molar-refractivity contribution in [3.05, 3.63) is 91.0 Å². The number of furan rings is 1. The molecule has 8 rings (SSSR count). The van der Waals surface area contributed by atoms with E-state index in [0.717, 1.165) is 16.3 Å². The molecule has 0 aliphatic rings. The zero-order chi connectivity index (χ0) is 37.3. The van der Waals surface area contributed by atoms with Gasteiger partial charge in [-0.15, -0.1) is 32.8 Å². The Bertz CT molecular complexity index is 2750. The van der Waals surface area contributed by atoms with Crippen LogP contribution in [0.15, 0.2) is 95.4 Å². The monoisotopic (exact) mass is 651 g/mol. The molecule has 0 fully saturated rings. The molecule has 0 N–H and O–H groups in total. The number of fused-ring (bicyclic) bond motifs is 3. The topological polar surface area (TPSA) is 51.8 Å². The van der Waals surface area contributed by atoms with Gasteiger partial charge < -0.3 is 4.42 Å². The van der Waals surface area contributed by atoms with Crippen molar-refractivity contribution < 1.29 is 4.42 Å². The average molecular weight is 650 g/mol. The Morgan fingerprint density at radius 3 is 1.43 bits per heavy atom. The summed E-state index contributed by atoms with van der Waals surface area (Å²) >= 11 is 0. The number of hydrogen-bond donors (Lipinski definition) is 0. The van der Waals surface area contributed by atoms with Crippen molar-refractivity contribution in [2.24, 2.45) is 0 Å². The van der Waals surface area contributed by atoms with Crippen LogP contribution in [0.4, 0.5) is 0 Å². The van der Waals surface area contributed by atoms with Gasteiger partial charge in [-0.3, -0.25) is 0 Å². The predicted octanol–water partition coefficient (Wildman–Crippen LogP) is -1.96. The number of nitrogens with zero attached hydrogens (tertiary/aromatic N) is 3. The van der Waals surface area contributed by atoms with E-state index in [1.807, 2.05) is 91.0 Å². The zero-order valence-electron chi connectivity index (χ0n) is 28.2. The van der Waals surface area contributed by atoms with Crippen molar-refractivity contribution >= 4 is 155 Å². The molecular weight excluding hydrogens is 635 g/mol. The second-order valence-corrected chi connectivity index (χ2v) is 12.6. The van der Waals surface area contributed by atoms with E-state index < -0.39 is 0 Å². The van der Waals surface area contributed by atoms with Gasteiger partial charge in [-0.1, -0.05) is 88.6 Å². The molecule has 0 saturated heterocycles. The van der Waals surface area contributed by atoms with Crippen molar-refractivity contribution in [2.45, 2.75) is 0 Å². The van der Waals surface area contributed by atoms with E-state index in [-0.39, 0.29) is 54.6 Å². The van der Waals surface area contributed by atoms with Gasteiger partial charge in [-0.25, -0.2) is 15.0 Å². The van der Waals surface area contributed by atoms with Crippen molar-refractivity contribution in [1.29, 1.82) is 0 Å². The van der Waals surface area contributed by atoms with Crippen molar-refractivity contribution in [3.8, 4) is 56.4 Å². The van der Waals surface area contributed by atoms with E-state index in [1.165, 1.54) is 0 Å². The largest absolute Gasteiger partial charge is 0.455 e. The molecule has 0 bridgehead atoms. The molecule has 0 spiro atoms. The molecule has 0 atom stereocenters. The summed E-state index contributed by atoms with van der Waals surface area (Å²) in [6.07, 6.45) is 0. The molecule has 4 nitrogen and oxygen atoms in total. The number of aromatic nitrogens is 3. The van der Waals surface area contributed by atoms with Crippen molar-refractivity contribution in [2.75, 3.05) is 0 Å². The second kappa shape index (κ2) is 13.3. The van der Waals surface area contributed by atoms with Gasteiger partial charge in [-0.05, 0) is 46.5 Å². The fourth-order valence-electron chi connectivity index (χ4n) is 6.61. The van der Waals surface area contributed by atoms with Gasteiger partial charge in [0, 0.05) is 21.9 Å². The summed E-state index contributed by atoms with van der Waals surface area (Å²) in [7, 11) is 62.4. The summed E-state index contributed by atoms with van der Waals surface area (Å²) in [5.41, 5.74) is 7.32. The fraction of sp³-hybridized carbons (Fsp3) is 0. The summed E-state index contributed by atoms with van der Waals surface area (Å²) in [6.45, 7) is 0. The molecule has 2 heterocycles. The molecule has 20 radical (unpaired) electrons. The van der Waals surface area contributed by atoms with E-state index in [1.54, 1.807) is 0 Å². The van der Waals surface area contributed by atoms with Crippen molar-refractivity contribution in [1.82, 2.24) is 15.0 Å². The van der Waals surface area contributed by atoms with Crippen LogP contribution < -0.4 is 54.6 Å². The summed E-state index contributed by atoms with van der Waals surface area (Å²) in [5, 5.41) is 1.69. The maximum absolute atomic E-state index is 6.56. The lowest BCUT2D eigenvalue weighted by molar-refractivity contribution is 0.669. The molecule has 8 aromatic rings. The Labute approximate surface area is 320 Å². The van der Waals surface area contributed by atoms with E-state index in [0.29, 0.717) is 62.0 Å². The smallest absolute Gasteiger partial charge is 0.167 e. The molecule has 222 valence electrons. The lowest BCUT2D eigenvalue weighted by atomic mass is 9.59. The van der Waals surface area contributed by atoms with Gasteiger partial charge in [0.05, 0.1) is 5.56 Å². The van der Waals surface area contributed by atoms with Crippen LogP contribution >= 0.6 is 0 Å². The molecule has 0 saturated carbocycles. The first-order valence-corrected chi connectivity index (χ1v) is 16.4. The van der Waals surface area contributed by atoms with E-state index in [4.69, 9.17) is 97.8 Å². The minimum Gasteiger partial charge on any atom is -0.455 e. The number of para-hydroxylation sites is 1. The minimum atomic E-state index is 0.137. The van der Waals surface area contributed by atoms with Crippen molar-refractivity contribution in [3.63, 3.8) is 0 Å². The van der Waals surface area contributed by atoms with Crippen LogP contribution in [0.25, 0.3) is 78.4 Å². The summed E-state index contributed by atoms with van der Waals surface area (Å²) in [6, 6.07) is 28.5. The lowest BCUT2D eigenvalue weighted by Crippen LogP contribution is -2.55. The maximum Gasteiger partial charge on any atom is 0.167 e. The highest BCUT2D eigenvalue weighted by Gasteiger charge is 2.20. The van der Waals surface area contributed by atoms with Crippen LogP contribution in [0.3, 0.4) is 0 Å². The molecule has 0 aliphatic carbocycles. The van der Waals surface area contributed by atoms with Crippen LogP contribution in [0.1, 0.15) is 0 Å². The highest BCUT2D eigenvalue weighted by Crippen LogP contribution is 2.37. The Balaban J connectivity index is 1.31. The molecule has 14 heteroatoms. The number of hydrogen-bond acceptors (Lipinski definition) is 4. The first-order valence-electron chi connectivity index (χ1n) is 16.4. The SMILES string of the molecule is [B]c1c([B])c([B])c(-c2cccc(-c3nc(-c4ccccc4)nc(-c4cccc5c4oc4cc(-c6c([B])c([B])c([B])c([B])c6[B])ccc45)n3)c2)c([B])c1[B]. The third-order valence-electron chi connectivity index (χ3n) is 9.50. The molecule has 0 aliphatic heterocycles. The van der Waals surface area contributed by atoms with Gasteiger partial charge in [0.25, 0.3) is 0 Å². The Kier molecular flexibility index (Phi) is 8.76. The van der Waals surface area contributed by atoms with Gasteiger partial charge in [0.1, 0.15) is 89.6 Å². The predicted molar refractivity (Wildman–Crippen MR) is 228 cm³/mol. The zero-order valence-corrected chi connectivity index (χ0v) is 28.2. The fourth-order valence-corrected chi connectivity index (χ4v) is 6.61. The molecule has 0 unspecified atom stereocenters. The number of rotatable bonds is 5. The Hall–Kier alpha value is -5.22. The molecule has 53 heavy (non-hydrogen) atoms. The first-order chi connectivity index (χ1) is 25.4. The molecule has 2 aromatic heterocycles. The lowest BCUT2D eigenvalue weighted by Gasteiger charge is -2.21. The highest BCUT2D eigenvalue weighted by molar-refractivity contribution is 6.70. The van der Waals surface area contributed by atoms with Crippen LogP contribution in [0.5, 0.6) is 0 Å². The Morgan fingerprint density at radius 1 is 0.358 bits per heavy atom. The van der Waals surface area contributed by atoms with Crippen LogP contribution in [-0.2, 0) is 0 Å². The van der Waals surface area contributed by atoms with Gasteiger partial charge in [0.2, 0.25) is 0 Å². The highest BCUT2D eigenvalue weighted by atomic mass is 16.3. The normalized spacial score (nSPS) is 11.4. The van der Waals surface area contributed by atoms with E-state index in [9.17, 15) is 0 Å². The van der Waals surface area contributed by atoms with E-state index >= 15 is 0 Å². The molecule has 0 amide bonds.